The molecular weight excluding hydrogens is 328 g/mol. The Labute approximate surface area is 143 Å². The van der Waals surface area contributed by atoms with E-state index in [9.17, 15) is 19.7 Å². The van der Waals surface area contributed by atoms with Crippen LogP contribution in [-0.2, 0) is 9.53 Å². The van der Waals surface area contributed by atoms with E-state index >= 15 is 0 Å². The number of nitro groups is 1. The summed E-state index contributed by atoms with van der Waals surface area (Å²) in [6.45, 7) is 3.57. The monoisotopic (exact) mass is 346 g/mol. The van der Waals surface area contributed by atoms with Gasteiger partial charge in [-0.15, -0.1) is 0 Å². The summed E-state index contributed by atoms with van der Waals surface area (Å²) in [4.78, 5) is 33.5. The van der Waals surface area contributed by atoms with Crippen molar-refractivity contribution in [3.8, 4) is 0 Å². The fraction of sp³-hybridized carbons (Fsp3) is 0.294. The zero-order valence-corrected chi connectivity index (χ0v) is 13.9. The van der Waals surface area contributed by atoms with Gasteiger partial charge in [0.1, 0.15) is 4.92 Å². The molecule has 25 heavy (non-hydrogen) atoms. The number of amides is 1. The largest absolute Gasteiger partial charge is 0.450 e. The van der Waals surface area contributed by atoms with Crippen LogP contribution in [0.25, 0.3) is 0 Å². The Morgan fingerprint density at radius 3 is 2.64 bits per heavy atom. The summed E-state index contributed by atoms with van der Waals surface area (Å²) in [7, 11) is 0. The molecule has 1 N–H and O–H groups in total. The first-order valence-electron chi connectivity index (χ1n) is 7.72. The van der Waals surface area contributed by atoms with Crippen LogP contribution in [0.3, 0.4) is 0 Å². The van der Waals surface area contributed by atoms with Gasteiger partial charge in [-0.25, -0.2) is 4.79 Å². The minimum atomic E-state index is -0.946. The van der Waals surface area contributed by atoms with Crippen LogP contribution >= 0.6 is 0 Å². The molecule has 1 aromatic heterocycles. The highest BCUT2D eigenvalue weighted by molar-refractivity contribution is 5.95. The van der Waals surface area contributed by atoms with Gasteiger partial charge >= 0.3 is 11.9 Å². The second kappa shape index (κ2) is 8.09. The molecule has 0 fully saturated rings. The molecule has 1 amide bonds. The maximum absolute atomic E-state index is 12.0. The van der Waals surface area contributed by atoms with Gasteiger partial charge in [0.15, 0.2) is 6.61 Å². The van der Waals surface area contributed by atoms with E-state index in [0.29, 0.717) is 5.69 Å². The summed E-state index contributed by atoms with van der Waals surface area (Å²) in [5, 5.41) is 13.2. The smallest absolute Gasteiger partial charge is 0.433 e. The molecule has 0 radical (unpaired) electrons. The van der Waals surface area contributed by atoms with E-state index in [-0.39, 0.29) is 11.7 Å². The fourth-order valence-corrected chi connectivity index (χ4v) is 2.18. The number of nitrogens with zero attached hydrogens (tertiary/aromatic N) is 1. The van der Waals surface area contributed by atoms with Crippen LogP contribution in [0.2, 0.25) is 0 Å². The number of para-hydroxylation sites is 1. The second-order valence-electron chi connectivity index (χ2n) is 5.42. The molecule has 0 aliphatic carbocycles. The summed E-state index contributed by atoms with van der Waals surface area (Å²) < 4.78 is 9.53. The van der Waals surface area contributed by atoms with Crippen molar-refractivity contribution in [3.05, 3.63) is 57.8 Å². The zero-order valence-electron chi connectivity index (χ0n) is 13.9. The van der Waals surface area contributed by atoms with E-state index in [0.717, 1.165) is 24.1 Å². The van der Waals surface area contributed by atoms with Crippen LogP contribution in [0.4, 0.5) is 11.6 Å². The van der Waals surface area contributed by atoms with E-state index < -0.39 is 29.3 Å². The molecule has 1 atom stereocenters. The highest BCUT2D eigenvalue weighted by atomic mass is 16.7. The Balaban J connectivity index is 1.94. The number of rotatable bonds is 7. The lowest BCUT2D eigenvalue weighted by Crippen LogP contribution is -2.21. The van der Waals surface area contributed by atoms with E-state index in [4.69, 9.17) is 9.15 Å². The van der Waals surface area contributed by atoms with E-state index in [2.05, 4.69) is 12.2 Å². The minimum Gasteiger partial charge on any atom is -0.450 e. The van der Waals surface area contributed by atoms with Crippen LogP contribution in [0.15, 0.2) is 40.8 Å². The van der Waals surface area contributed by atoms with Crippen molar-refractivity contribution in [1.82, 2.24) is 0 Å². The predicted molar refractivity (Wildman–Crippen MR) is 89.4 cm³/mol. The quantitative estimate of drug-likeness (QED) is 0.466. The standard InChI is InChI=1S/C17H18N2O6/c1-3-11(2)12-6-4-5-7-13(12)18-15(20)10-24-17(21)14-8-9-16(25-14)19(22)23/h4-9,11H,3,10H2,1-2H3,(H,18,20)/t11-/m0/s1. The van der Waals surface area contributed by atoms with Gasteiger partial charge in [-0.1, -0.05) is 32.0 Å². The maximum Gasteiger partial charge on any atom is 0.433 e. The number of carbonyl (C=O) groups is 2. The number of hydrogen-bond acceptors (Lipinski definition) is 6. The summed E-state index contributed by atoms with van der Waals surface area (Å²) in [5.41, 5.74) is 1.65. The van der Waals surface area contributed by atoms with Gasteiger partial charge in [-0.3, -0.25) is 14.9 Å². The van der Waals surface area contributed by atoms with Gasteiger partial charge in [0.05, 0.1) is 6.07 Å². The lowest BCUT2D eigenvalue weighted by Gasteiger charge is -2.15. The Morgan fingerprint density at radius 1 is 1.28 bits per heavy atom. The third-order valence-electron chi connectivity index (χ3n) is 3.69. The van der Waals surface area contributed by atoms with Gasteiger partial charge in [0, 0.05) is 5.69 Å². The third-order valence-corrected chi connectivity index (χ3v) is 3.69. The van der Waals surface area contributed by atoms with Gasteiger partial charge in [0.2, 0.25) is 5.76 Å². The Bertz CT molecular complexity index is 783. The first-order valence-corrected chi connectivity index (χ1v) is 7.72. The van der Waals surface area contributed by atoms with Crippen molar-refractivity contribution >= 4 is 23.4 Å². The third kappa shape index (κ3) is 4.66. The minimum absolute atomic E-state index is 0.266. The lowest BCUT2D eigenvalue weighted by molar-refractivity contribution is -0.402. The van der Waals surface area contributed by atoms with Crippen LogP contribution in [0.1, 0.15) is 42.3 Å². The average Bonchev–Trinajstić information content (AvgIpc) is 3.10. The second-order valence-corrected chi connectivity index (χ2v) is 5.42. The summed E-state index contributed by atoms with van der Waals surface area (Å²) in [6.07, 6.45) is 0.916. The average molecular weight is 346 g/mol. The first kappa shape index (κ1) is 18.2. The number of nitrogens with one attached hydrogen (secondary N) is 1. The molecule has 1 heterocycles. The molecule has 8 nitrogen and oxygen atoms in total. The predicted octanol–water partition coefficient (Wildman–Crippen LogP) is 3.50. The van der Waals surface area contributed by atoms with Crippen LogP contribution in [0, 0.1) is 10.1 Å². The van der Waals surface area contributed by atoms with E-state index in [1.165, 1.54) is 0 Å². The number of carbonyl (C=O) groups excluding carboxylic acids is 2. The number of benzene rings is 1. The van der Waals surface area contributed by atoms with Crippen molar-refractivity contribution < 1.29 is 23.7 Å². The molecule has 0 saturated carbocycles. The molecule has 0 spiro atoms. The van der Waals surface area contributed by atoms with Gasteiger partial charge < -0.3 is 14.5 Å². The van der Waals surface area contributed by atoms with Crippen LogP contribution in [-0.4, -0.2) is 23.4 Å². The SMILES string of the molecule is CC[C@H](C)c1ccccc1NC(=O)COC(=O)c1ccc([N+](=O)[O-])o1. The van der Waals surface area contributed by atoms with Crippen molar-refractivity contribution in [3.63, 3.8) is 0 Å². The first-order chi connectivity index (χ1) is 11.9. The number of ether oxygens (including phenoxy) is 1. The van der Waals surface area contributed by atoms with Gasteiger partial charge in [-0.05, 0) is 30.0 Å². The molecule has 2 aromatic rings. The van der Waals surface area contributed by atoms with Crippen LogP contribution < -0.4 is 5.32 Å². The Hall–Kier alpha value is -3.16. The Kier molecular flexibility index (Phi) is 5.89. The van der Waals surface area contributed by atoms with Crippen LogP contribution in [0.5, 0.6) is 0 Å². The van der Waals surface area contributed by atoms with E-state index in [1.54, 1.807) is 12.1 Å². The summed E-state index contributed by atoms with van der Waals surface area (Å²) in [6, 6.07) is 9.56. The van der Waals surface area contributed by atoms with Gasteiger partial charge in [-0.2, -0.15) is 0 Å². The zero-order chi connectivity index (χ0) is 18.4. The number of hydrogen-bond donors (Lipinski definition) is 1. The van der Waals surface area contributed by atoms with Crippen molar-refractivity contribution in [2.75, 3.05) is 11.9 Å². The number of furan rings is 1. The highest BCUT2D eigenvalue weighted by Crippen LogP contribution is 2.26. The van der Waals surface area contributed by atoms with Gasteiger partial charge in [0.25, 0.3) is 5.91 Å². The molecule has 0 bridgehead atoms. The van der Waals surface area contributed by atoms with Crippen molar-refractivity contribution in [2.45, 2.75) is 26.2 Å². The molecular formula is C17H18N2O6. The molecule has 8 heteroatoms. The molecule has 0 saturated heterocycles. The molecule has 1 aromatic carbocycles. The molecule has 0 aliphatic rings. The van der Waals surface area contributed by atoms with Crippen molar-refractivity contribution in [2.24, 2.45) is 0 Å². The normalized spacial score (nSPS) is 11.6. The number of anilines is 1. The molecule has 0 aliphatic heterocycles. The summed E-state index contributed by atoms with van der Waals surface area (Å²) in [5.74, 6) is -2.09. The van der Waals surface area contributed by atoms with Crippen molar-refractivity contribution in [1.29, 1.82) is 0 Å². The summed E-state index contributed by atoms with van der Waals surface area (Å²) >= 11 is 0. The molecule has 2 rings (SSSR count). The highest BCUT2D eigenvalue weighted by Gasteiger charge is 2.19. The molecule has 0 unspecified atom stereocenters. The lowest BCUT2D eigenvalue weighted by atomic mass is 9.97. The number of esters is 1. The molecule has 132 valence electrons. The maximum atomic E-state index is 12.0. The topological polar surface area (TPSA) is 112 Å². The van der Waals surface area contributed by atoms with E-state index in [1.807, 2.05) is 19.1 Å². The Morgan fingerprint density at radius 2 is 2.00 bits per heavy atom. The fourth-order valence-electron chi connectivity index (χ4n) is 2.18.